The second kappa shape index (κ2) is 6.88. The molecular formula is C18H14BrNO4. The van der Waals surface area contributed by atoms with Gasteiger partial charge in [0.2, 0.25) is 5.76 Å². The number of halogens is 1. The summed E-state index contributed by atoms with van der Waals surface area (Å²) < 4.78 is 11.4. The maximum atomic E-state index is 12.1. The highest BCUT2D eigenvalue weighted by Crippen LogP contribution is 2.25. The minimum atomic E-state index is -0.659. The number of nitrogens with one attached hydrogen (secondary N) is 1. The molecule has 6 heteroatoms. The molecule has 3 aromatic rings. The number of carbonyl (C=O) groups is 2. The number of amides is 1. The van der Waals surface area contributed by atoms with Crippen molar-refractivity contribution in [1.82, 2.24) is 0 Å². The van der Waals surface area contributed by atoms with Crippen molar-refractivity contribution in [3.05, 3.63) is 64.3 Å². The van der Waals surface area contributed by atoms with Crippen LogP contribution in [0.1, 0.15) is 16.1 Å². The molecule has 3 rings (SSSR count). The van der Waals surface area contributed by atoms with Crippen LogP contribution in [0.2, 0.25) is 0 Å². The number of fused-ring (bicyclic) bond motifs is 1. The fourth-order valence-electron chi connectivity index (χ4n) is 2.33. The number of para-hydroxylation sites is 1. The highest BCUT2D eigenvalue weighted by atomic mass is 79.9. The van der Waals surface area contributed by atoms with Crippen molar-refractivity contribution in [1.29, 1.82) is 0 Å². The third kappa shape index (κ3) is 3.49. The zero-order chi connectivity index (χ0) is 17.1. The molecule has 0 aliphatic rings. The van der Waals surface area contributed by atoms with E-state index >= 15 is 0 Å². The summed E-state index contributed by atoms with van der Waals surface area (Å²) in [5.41, 5.74) is 1.92. The van der Waals surface area contributed by atoms with E-state index in [9.17, 15) is 9.59 Å². The van der Waals surface area contributed by atoms with Gasteiger partial charge in [0.1, 0.15) is 5.58 Å². The summed E-state index contributed by atoms with van der Waals surface area (Å²) in [4.78, 5) is 24.0. The van der Waals surface area contributed by atoms with Gasteiger partial charge in [-0.3, -0.25) is 4.79 Å². The van der Waals surface area contributed by atoms with Gasteiger partial charge in [-0.05, 0) is 31.2 Å². The van der Waals surface area contributed by atoms with E-state index in [0.717, 1.165) is 9.86 Å². The van der Waals surface area contributed by atoms with Gasteiger partial charge in [-0.15, -0.1) is 0 Å². The molecule has 0 saturated carbocycles. The molecule has 5 nitrogen and oxygen atoms in total. The number of carbonyl (C=O) groups excluding carboxylic acids is 2. The molecule has 24 heavy (non-hydrogen) atoms. The SMILES string of the molecule is Cc1c(C(=O)OCC(=O)Nc2cccc(Br)c2)oc2ccccc12. The van der Waals surface area contributed by atoms with Crippen LogP contribution in [0.15, 0.2) is 57.4 Å². The number of aryl methyl sites for hydroxylation is 1. The molecular weight excluding hydrogens is 374 g/mol. The molecule has 0 saturated heterocycles. The number of furan rings is 1. The number of hydrogen-bond acceptors (Lipinski definition) is 4. The molecule has 0 unspecified atom stereocenters. The van der Waals surface area contributed by atoms with Gasteiger partial charge >= 0.3 is 5.97 Å². The number of hydrogen-bond donors (Lipinski definition) is 1. The van der Waals surface area contributed by atoms with Gasteiger partial charge in [0.15, 0.2) is 6.61 Å². The smallest absolute Gasteiger partial charge is 0.375 e. The largest absolute Gasteiger partial charge is 0.450 e. The zero-order valence-electron chi connectivity index (χ0n) is 12.8. The van der Waals surface area contributed by atoms with Crippen molar-refractivity contribution in [3.63, 3.8) is 0 Å². The fourth-order valence-corrected chi connectivity index (χ4v) is 2.73. The lowest BCUT2D eigenvalue weighted by atomic mass is 10.1. The molecule has 122 valence electrons. The summed E-state index contributed by atoms with van der Waals surface area (Å²) in [5.74, 6) is -0.963. The van der Waals surface area contributed by atoms with E-state index < -0.39 is 11.9 Å². The highest BCUT2D eigenvalue weighted by molar-refractivity contribution is 9.10. The molecule has 0 aliphatic carbocycles. The normalized spacial score (nSPS) is 10.6. The van der Waals surface area contributed by atoms with Crippen LogP contribution in [0.5, 0.6) is 0 Å². The lowest BCUT2D eigenvalue weighted by molar-refractivity contribution is -0.119. The van der Waals surface area contributed by atoms with Crippen molar-refractivity contribution in [2.24, 2.45) is 0 Å². The van der Waals surface area contributed by atoms with Crippen molar-refractivity contribution < 1.29 is 18.7 Å². The first-order valence-electron chi connectivity index (χ1n) is 7.25. The van der Waals surface area contributed by atoms with E-state index in [0.29, 0.717) is 16.8 Å². The Hall–Kier alpha value is -2.60. The van der Waals surface area contributed by atoms with Gasteiger partial charge in [-0.2, -0.15) is 0 Å². The molecule has 0 spiro atoms. The molecule has 1 heterocycles. The lowest BCUT2D eigenvalue weighted by Gasteiger charge is -2.06. The van der Waals surface area contributed by atoms with Crippen molar-refractivity contribution in [3.8, 4) is 0 Å². The van der Waals surface area contributed by atoms with E-state index in [1.54, 1.807) is 31.2 Å². The summed E-state index contributed by atoms with van der Waals surface area (Å²) in [7, 11) is 0. The van der Waals surface area contributed by atoms with Crippen LogP contribution in [-0.4, -0.2) is 18.5 Å². The van der Waals surface area contributed by atoms with Crippen LogP contribution in [0.4, 0.5) is 5.69 Å². The monoisotopic (exact) mass is 387 g/mol. The van der Waals surface area contributed by atoms with Gasteiger partial charge in [0.25, 0.3) is 5.91 Å². The molecule has 1 aromatic heterocycles. The van der Waals surface area contributed by atoms with Crippen molar-refractivity contribution in [2.75, 3.05) is 11.9 Å². The van der Waals surface area contributed by atoms with E-state index in [1.165, 1.54) is 0 Å². The van der Waals surface area contributed by atoms with Crippen molar-refractivity contribution >= 4 is 44.5 Å². The van der Waals surface area contributed by atoms with E-state index in [2.05, 4.69) is 21.2 Å². The summed E-state index contributed by atoms with van der Waals surface area (Å²) in [6, 6.07) is 14.5. The Morgan fingerprint density at radius 3 is 2.71 bits per heavy atom. The first kappa shape index (κ1) is 16.3. The molecule has 1 amide bonds. The predicted molar refractivity (Wildman–Crippen MR) is 94.0 cm³/mol. The Morgan fingerprint density at radius 2 is 1.96 bits per heavy atom. The van der Waals surface area contributed by atoms with Crippen LogP contribution < -0.4 is 5.32 Å². The summed E-state index contributed by atoms with van der Waals surface area (Å²) in [6.45, 7) is 1.39. The van der Waals surface area contributed by atoms with E-state index in [-0.39, 0.29) is 12.4 Å². The zero-order valence-corrected chi connectivity index (χ0v) is 14.4. The minimum Gasteiger partial charge on any atom is -0.450 e. The molecule has 0 aliphatic heterocycles. The van der Waals surface area contributed by atoms with Gasteiger partial charge in [-0.25, -0.2) is 4.79 Å². The lowest BCUT2D eigenvalue weighted by Crippen LogP contribution is -2.21. The third-order valence-electron chi connectivity index (χ3n) is 3.47. The quantitative estimate of drug-likeness (QED) is 0.677. The van der Waals surface area contributed by atoms with Gasteiger partial charge in [0, 0.05) is 21.1 Å². The van der Waals surface area contributed by atoms with Crippen LogP contribution in [0.25, 0.3) is 11.0 Å². The number of esters is 1. The summed E-state index contributed by atoms with van der Waals surface area (Å²) in [6.07, 6.45) is 0. The summed E-state index contributed by atoms with van der Waals surface area (Å²) in [5, 5.41) is 3.50. The average Bonchev–Trinajstić information content (AvgIpc) is 2.90. The number of rotatable bonds is 4. The Labute approximate surface area is 146 Å². The Balaban J connectivity index is 1.64. The molecule has 1 N–H and O–H groups in total. The molecule has 0 radical (unpaired) electrons. The number of benzene rings is 2. The first-order valence-corrected chi connectivity index (χ1v) is 8.04. The van der Waals surface area contributed by atoms with Gasteiger partial charge < -0.3 is 14.5 Å². The number of anilines is 1. The fraction of sp³-hybridized carbons (Fsp3) is 0.111. The average molecular weight is 388 g/mol. The summed E-state index contributed by atoms with van der Waals surface area (Å²) >= 11 is 3.32. The van der Waals surface area contributed by atoms with Crippen LogP contribution in [-0.2, 0) is 9.53 Å². The maximum Gasteiger partial charge on any atom is 0.375 e. The van der Waals surface area contributed by atoms with Gasteiger partial charge in [-0.1, -0.05) is 40.2 Å². The topological polar surface area (TPSA) is 68.5 Å². The highest BCUT2D eigenvalue weighted by Gasteiger charge is 2.19. The molecule has 2 aromatic carbocycles. The van der Waals surface area contributed by atoms with Crippen LogP contribution in [0, 0.1) is 6.92 Å². The van der Waals surface area contributed by atoms with Crippen LogP contribution in [0.3, 0.4) is 0 Å². The molecule has 0 bridgehead atoms. The first-order chi connectivity index (χ1) is 11.5. The third-order valence-corrected chi connectivity index (χ3v) is 3.97. The second-order valence-electron chi connectivity index (χ2n) is 5.19. The Kier molecular flexibility index (Phi) is 4.66. The number of ether oxygens (including phenoxy) is 1. The second-order valence-corrected chi connectivity index (χ2v) is 6.10. The Morgan fingerprint density at radius 1 is 1.17 bits per heavy atom. The Bertz CT molecular complexity index is 916. The standard InChI is InChI=1S/C18H14BrNO4/c1-11-14-7-2-3-8-15(14)24-17(11)18(22)23-10-16(21)20-13-6-4-5-12(19)9-13/h2-9H,10H2,1H3,(H,20,21). The van der Waals surface area contributed by atoms with Gasteiger partial charge in [0.05, 0.1) is 0 Å². The minimum absolute atomic E-state index is 0.117. The van der Waals surface area contributed by atoms with Crippen LogP contribution >= 0.6 is 15.9 Å². The molecule has 0 fully saturated rings. The molecule has 0 atom stereocenters. The van der Waals surface area contributed by atoms with E-state index in [4.69, 9.17) is 9.15 Å². The van der Waals surface area contributed by atoms with E-state index in [1.807, 2.05) is 24.3 Å². The maximum absolute atomic E-state index is 12.1. The predicted octanol–water partition coefficient (Wildman–Crippen LogP) is 4.30. The van der Waals surface area contributed by atoms with Crippen molar-refractivity contribution in [2.45, 2.75) is 6.92 Å².